The molecule has 1 aliphatic heterocycles. The fourth-order valence-electron chi connectivity index (χ4n) is 3.45. The number of para-hydroxylation sites is 5. The van der Waals surface area contributed by atoms with E-state index in [1.165, 1.54) is 0 Å². The van der Waals surface area contributed by atoms with E-state index in [1.54, 1.807) is 36.4 Å². The zero-order valence-corrected chi connectivity index (χ0v) is 18.4. The van der Waals surface area contributed by atoms with Crippen molar-refractivity contribution in [1.29, 1.82) is 0 Å². The molecule has 7 nitrogen and oxygen atoms in total. The second kappa shape index (κ2) is 7.95. The number of aromatic nitrogens is 2. The maximum Gasteiger partial charge on any atom is 0.273 e. The Morgan fingerprint density at radius 1 is 0.606 bits per heavy atom. The highest BCUT2D eigenvalue weighted by atomic mass is 32.2. The lowest BCUT2D eigenvalue weighted by Crippen LogP contribution is -2.31. The highest BCUT2D eigenvalue weighted by Gasteiger charge is 2.42. The first kappa shape index (κ1) is 19.8. The molecule has 0 aliphatic carbocycles. The highest BCUT2D eigenvalue weighted by Crippen LogP contribution is 2.44. The number of benzene rings is 3. The van der Waals surface area contributed by atoms with Crippen LogP contribution in [0.5, 0.6) is 0 Å². The summed E-state index contributed by atoms with van der Waals surface area (Å²) in [5.41, 5.74) is 3.03. The first-order valence-corrected chi connectivity index (χ1v) is 11.6. The number of hydrogen-bond acceptors (Lipinski definition) is 8. The van der Waals surface area contributed by atoms with Crippen LogP contribution in [-0.4, -0.2) is 21.8 Å². The van der Waals surface area contributed by atoms with E-state index in [0.717, 1.165) is 28.4 Å². The number of anilines is 1. The molecular formula is C24H13N3O4S2. The average molecular weight is 472 g/mol. The van der Waals surface area contributed by atoms with Crippen molar-refractivity contribution in [2.45, 2.75) is 10.4 Å². The van der Waals surface area contributed by atoms with E-state index in [9.17, 15) is 9.59 Å². The molecule has 2 aromatic heterocycles. The van der Waals surface area contributed by atoms with E-state index in [2.05, 4.69) is 9.97 Å². The molecule has 0 fully saturated rings. The summed E-state index contributed by atoms with van der Waals surface area (Å²) < 4.78 is 11.6. The van der Waals surface area contributed by atoms with Gasteiger partial charge in [-0.1, -0.05) is 42.5 Å². The highest BCUT2D eigenvalue weighted by molar-refractivity contribution is 8.08. The zero-order valence-electron chi connectivity index (χ0n) is 16.8. The van der Waals surface area contributed by atoms with Crippen molar-refractivity contribution < 1.29 is 18.4 Å². The van der Waals surface area contributed by atoms with Crippen molar-refractivity contribution in [2.75, 3.05) is 4.90 Å². The predicted molar refractivity (Wildman–Crippen MR) is 126 cm³/mol. The molecular weight excluding hydrogens is 458 g/mol. The maximum atomic E-state index is 13.4. The minimum absolute atomic E-state index is 0.211. The van der Waals surface area contributed by atoms with E-state index in [0.29, 0.717) is 27.9 Å². The van der Waals surface area contributed by atoms with E-state index < -0.39 is 11.8 Å². The number of nitrogens with zero attached hydrogens (tertiary/aromatic N) is 3. The third-order valence-electron chi connectivity index (χ3n) is 4.94. The second-order valence-electron chi connectivity index (χ2n) is 7.04. The molecule has 0 saturated heterocycles. The van der Waals surface area contributed by atoms with Gasteiger partial charge in [0.1, 0.15) is 20.8 Å². The number of imide groups is 1. The minimum atomic E-state index is -0.447. The van der Waals surface area contributed by atoms with E-state index >= 15 is 0 Å². The molecule has 160 valence electrons. The Morgan fingerprint density at radius 2 is 1.06 bits per heavy atom. The van der Waals surface area contributed by atoms with Crippen LogP contribution in [-0.2, 0) is 9.59 Å². The van der Waals surface area contributed by atoms with Crippen molar-refractivity contribution >= 4 is 63.2 Å². The van der Waals surface area contributed by atoms with Crippen LogP contribution in [0.25, 0.3) is 22.2 Å². The normalized spacial score (nSPS) is 14.2. The SMILES string of the molecule is O=C1C(Sc2nc3ccccc3o2)=C(Sc2nc3ccccc3o2)C(=O)N1c1ccccc1. The van der Waals surface area contributed by atoms with Gasteiger partial charge in [0.25, 0.3) is 22.3 Å². The summed E-state index contributed by atoms with van der Waals surface area (Å²) in [4.78, 5) is 37.3. The van der Waals surface area contributed by atoms with Crippen molar-refractivity contribution in [1.82, 2.24) is 9.97 Å². The molecule has 0 unspecified atom stereocenters. The minimum Gasteiger partial charge on any atom is -0.431 e. The summed E-state index contributed by atoms with van der Waals surface area (Å²) >= 11 is 2.04. The summed E-state index contributed by atoms with van der Waals surface area (Å²) in [6.45, 7) is 0. The summed E-state index contributed by atoms with van der Waals surface area (Å²) in [5, 5.41) is 0.552. The molecule has 9 heteroatoms. The monoisotopic (exact) mass is 471 g/mol. The lowest BCUT2D eigenvalue weighted by molar-refractivity contribution is -0.120. The number of rotatable bonds is 5. The Balaban J connectivity index is 1.42. The van der Waals surface area contributed by atoms with Crippen molar-refractivity contribution in [3.8, 4) is 0 Å². The molecule has 3 aromatic carbocycles. The smallest absolute Gasteiger partial charge is 0.273 e. The standard InChI is InChI=1S/C24H13N3O4S2/c28-21-19(32-23-25-15-10-4-6-12-17(15)30-23)20(22(29)27(21)14-8-2-1-3-9-14)33-24-26-16-11-5-7-13-18(16)31-24/h1-13H. The number of oxazole rings is 2. The van der Waals surface area contributed by atoms with Crippen molar-refractivity contribution in [3.63, 3.8) is 0 Å². The van der Waals surface area contributed by atoms with Gasteiger partial charge in [-0.15, -0.1) is 0 Å². The molecule has 0 radical (unpaired) electrons. The van der Waals surface area contributed by atoms with Gasteiger partial charge >= 0.3 is 0 Å². The van der Waals surface area contributed by atoms with Crippen LogP contribution in [0, 0.1) is 0 Å². The van der Waals surface area contributed by atoms with Gasteiger partial charge in [0, 0.05) is 0 Å². The maximum absolute atomic E-state index is 13.4. The van der Waals surface area contributed by atoms with Gasteiger partial charge in [-0.2, -0.15) is 0 Å². The second-order valence-corrected chi connectivity index (χ2v) is 8.96. The lowest BCUT2D eigenvalue weighted by Gasteiger charge is -2.14. The lowest BCUT2D eigenvalue weighted by atomic mass is 10.3. The molecule has 33 heavy (non-hydrogen) atoms. The number of hydrogen-bond donors (Lipinski definition) is 0. The van der Waals surface area contributed by atoms with Crippen LogP contribution in [0.2, 0.25) is 0 Å². The average Bonchev–Trinajstić information content (AvgIpc) is 3.50. The number of fused-ring (bicyclic) bond motifs is 2. The molecule has 0 N–H and O–H groups in total. The predicted octanol–water partition coefficient (Wildman–Crippen LogP) is 5.64. The molecule has 2 amide bonds. The molecule has 0 bridgehead atoms. The van der Waals surface area contributed by atoms with E-state index in [-0.39, 0.29) is 20.3 Å². The van der Waals surface area contributed by atoms with Crippen LogP contribution in [0.3, 0.4) is 0 Å². The van der Waals surface area contributed by atoms with Gasteiger partial charge in [-0.3, -0.25) is 9.59 Å². The van der Waals surface area contributed by atoms with Gasteiger partial charge in [-0.05, 0) is 59.9 Å². The van der Waals surface area contributed by atoms with Gasteiger partial charge in [0.05, 0.1) is 5.69 Å². The van der Waals surface area contributed by atoms with Gasteiger partial charge in [-0.25, -0.2) is 14.9 Å². The fraction of sp³-hybridized carbons (Fsp3) is 0. The van der Waals surface area contributed by atoms with Gasteiger partial charge < -0.3 is 8.83 Å². The van der Waals surface area contributed by atoms with Crippen molar-refractivity contribution in [3.05, 3.63) is 88.7 Å². The number of carbonyl (C=O) groups is 2. The Morgan fingerprint density at radius 3 is 1.55 bits per heavy atom. The summed E-state index contributed by atoms with van der Waals surface area (Å²) in [5.74, 6) is -0.894. The van der Waals surface area contributed by atoms with Gasteiger partial charge in [0.15, 0.2) is 11.2 Å². The van der Waals surface area contributed by atoms with Crippen LogP contribution in [0.4, 0.5) is 5.69 Å². The molecule has 0 spiro atoms. The van der Waals surface area contributed by atoms with Crippen LogP contribution in [0.15, 0.2) is 108 Å². The van der Waals surface area contributed by atoms with Gasteiger partial charge in [0.2, 0.25) is 0 Å². The Bertz CT molecular complexity index is 1410. The quantitative estimate of drug-likeness (QED) is 0.304. The number of thioether (sulfide) groups is 2. The zero-order chi connectivity index (χ0) is 22.4. The Hall–Kier alpha value is -3.82. The Labute approximate surface area is 195 Å². The topological polar surface area (TPSA) is 89.4 Å². The van der Waals surface area contributed by atoms with Crippen LogP contribution >= 0.6 is 23.5 Å². The third kappa shape index (κ3) is 3.51. The van der Waals surface area contributed by atoms with E-state index in [1.807, 2.05) is 42.5 Å². The number of carbonyl (C=O) groups excluding carboxylic acids is 2. The summed E-state index contributed by atoms with van der Waals surface area (Å²) in [6, 6.07) is 23.4. The Kier molecular flexibility index (Phi) is 4.78. The van der Waals surface area contributed by atoms with E-state index in [4.69, 9.17) is 8.83 Å². The first-order valence-electron chi connectivity index (χ1n) is 9.92. The summed E-state index contributed by atoms with van der Waals surface area (Å²) in [7, 11) is 0. The molecule has 5 aromatic rings. The van der Waals surface area contributed by atoms with Crippen LogP contribution in [0.1, 0.15) is 0 Å². The molecule has 1 aliphatic rings. The largest absolute Gasteiger partial charge is 0.431 e. The van der Waals surface area contributed by atoms with Crippen LogP contribution < -0.4 is 4.90 Å². The molecule has 6 rings (SSSR count). The fourth-order valence-corrected chi connectivity index (χ4v) is 5.31. The number of amides is 2. The molecule has 0 saturated carbocycles. The third-order valence-corrected chi connectivity index (χ3v) is 6.94. The first-order chi connectivity index (χ1) is 16.2. The summed E-state index contributed by atoms with van der Waals surface area (Å²) in [6.07, 6.45) is 0. The molecule has 3 heterocycles. The molecule has 0 atom stereocenters. The van der Waals surface area contributed by atoms with Crippen molar-refractivity contribution in [2.24, 2.45) is 0 Å².